The molecule has 0 spiro atoms. The van der Waals surface area contributed by atoms with Gasteiger partial charge in [0.1, 0.15) is 6.42 Å². The SMILES string of the molecule is COC(=O)c1ccc(C#CCC(=O)O)c(C)c1. The second kappa shape index (κ2) is 5.71. The van der Waals surface area contributed by atoms with Crippen molar-refractivity contribution in [2.24, 2.45) is 0 Å². The fraction of sp³-hybridized carbons (Fsp3) is 0.231. The van der Waals surface area contributed by atoms with Crippen LogP contribution < -0.4 is 0 Å². The molecular formula is C13H12O4. The molecule has 1 aromatic rings. The maximum absolute atomic E-state index is 11.2. The zero-order valence-electron chi connectivity index (χ0n) is 9.61. The van der Waals surface area contributed by atoms with Gasteiger partial charge in [-0.1, -0.05) is 11.8 Å². The highest BCUT2D eigenvalue weighted by Crippen LogP contribution is 2.11. The molecule has 0 bridgehead atoms. The molecule has 0 aliphatic carbocycles. The van der Waals surface area contributed by atoms with Gasteiger partial charge in [-0.05, 0) is 30.7 Å². The third-order valence-corrected chi connectivity index (χ3v) is 2.11. The molecular weight excluding hydrogens is 220 g/mol. The molecule has 4 heteroatoms. The molecule has 0 aromatic heterocycles. The van der Waals surface area contributed by atoms with Crippen LogP contribution in [0.4, 0.5) is 0 Å². The van der Waals surface area contributed by atoms with Crippen molar-refractivity contribution in [3.05, 3.63) is 34.9 Å². The summed E-state index contributed by atoms with van der Waals surface area (Å²) in [5.41, 5.74) is 1.97. The van der Waals surface area contributed by atoms with E-state index in [0.717, 1.165) is 5.56 Å². The number of ether oxygens (including phenoxy) is 1. The zero-order valence-corrected chi connectivity index (χ0v) is 9.61. The van der Waals surface area contributed by atoms with Gasteiger partial charge >= 0.3 is 11.9 Å². The van der Waals surface area contributed by atoms with E-state index in [4.69, 9.17) is 5.11 Å². The molecule has 1 rings (SSSR count). The minimum absolute atomic E-state index is 0.196. The van der Waals surface area contributed by atoms with Gasteiger partial charge in [-0.25, -0.2) is 4.79 Å². The lowest BCUT2D eigenvalue weighted by Gasteiger charge is -2.02. The van der Waals surface area contributed by atoms with E-state index >= 15 is 0 Å². The van der Waals surface area contributed by atoms with Gasteiger partial charge in [0.15, 0.2) is 0 Å². The third kappa shape index (κ3) is 3.65. The lowest BCUT2D eigenvalue weighted by atomic mass is 10.1. The Morgan fingerprint density at radius 1 is 1.41 bits per heavy atom. The monoisotopic (exact) mass is 232 g/mol. The van der Waals surface area contributed by atoms with Gasteiger partial charge in [-0.3, -0.25) is 4.79 Å². The van der Waals surface area contributed by atoms with E-state index < -0.39 is 11.9 Å². The largest absolute Gasteiger partial charge is 0.481 e. The zero-order chi connectivity index (χ0) is 12.8. The van der Waals surface area contributed by atoms with Crippen LogP contribution in [0.25, 0.3) is 0 Å². The summed E-state index contributed by atoms with van der Waals surface area (Å²) < 4.78 is 4.59. The van der Waals surface area contributed by atoms with Crippen molar-refractivity contribution in [2.45, 2.75) is 13.3 Å². The van der Waals surface area contributed by atoms with E-state index in [0.29, 0.717) is 11.1 Å². The summed E-state index contributed by atoms with van der Waals surface area (Å²) in [6.45, 7) is 1.80. The molecule has 0 saturated carbocycles. The number of methoxy groups -OCH3 is 1. The average molecular weight is 232 g/mol. The molecule has 0 amide bonds. The first kappa shape index (κ1) is 12.8. The first-order valence-corrected chi connectivity index (χ1v) is 4.94. The van der Waals surface area contributed by atoms with Gasteiger partial charge in [-0.15, -0.1) is 0 Å². The Morgan fingerprint density at radius 2 is 2.12 bits per heavy atom. The standard InChI is InChI=1S/C13H12O4/c1-9-8-11(13(16)17-2)7-6-10(9)4-3-5-12(14)15/h6-8H,5H2,1-2H3,(H,14,15). The number of aliphatic carboxylic acids is 1. The van der Waals surface area contributed by atoms with Crippen LogP contribution >= 0.6 is 0 Å². The molecule has 0 aliphatic heterocycles. The Hall–Kier alpha value is -2.28. The lowest BCUT2D eigenvalue weighted by molar-refractivity contribution is -0.135. The maximum Gasteiger partial charge on any atom is 0.337 e. The number of hydrogen-bond acceptors (Lipinski definition) is 3. The second-order valence-corrected chi connectivity index (χ2v) is 3.39. The lowest BCUT2D eigenvalue weighted by Crippen LogP contribution is -2.01. The number of hydrogen-bond donors (Lipinski definition) is 1. The Bertz CT molecular complexity index is 506. The molecule has 0 unspecified atom stereocenters. The summed E-state index contributed by atoms with van der Waals surface area (Å²) in [5.74, 6) is 3.92. The van der Waals surface area contributed by atoms with E-state index in [-0.39, 0.29) is 6.42 Å². The van der Waals surface area contributed by atoms with Crippen molar-refractivity contribution < 1.29 is 19.4 Å². The van der Waals surface area contributed by atoms with Crippen LogP contribution in [0.5, 0.6) is 0 Å². The van der Waals surface area contributed by atoms with Crippen molar-refractivity contribution in [1.82, 2.24) is 0 Å². The highest BCUT2D eigenvalue weighted by Gasteiger charge is 2.06. The highest BCUT2D eigenvalue weighted by molar-refractivity contribution is 5.89. The molecule has 0 aliphatic rings. The molecule has 1 aromatic carbocycles. The summed E-state index contributed by atoms with van der Waals surface area (Å²) in [6, 6.07) is 4.94. The summed E-state index contributed by atoms with van der Waals surface area (Å²) >= 11 is 0. The smallest absolute Gasteiger partial charge is 0.337 e. The Kier molecular flexibility index (Phi) is 4.29. The first-order chi connectivity index (χ1) is 8.04. The van der Waals surface area contributed by atoms with E-state index in [2.05, 4.69) is 16.6 Å². The summed E-state index contributed by atoms with van der Waals surface area (Å²) in [7, 11) is 1.32. The van der Waals surface area contributed by atoms with Crippen LogP contribution in [0.15, 0.2) is 18.2 Å². The Morgan fingerprint density at radius 3 is 2.65 bits per heavy atom. The summed E-state index contributed by atoms with van der Waals surface area (Å²) in [5, 5.41) is 8.45. The maximum atomic E-state index is 11.2. The number of carboxylic acids is 1. The van der Waals surface area contributed by atoms with E-state index in [1.54, 1.807) is 25.1 Å². The highest BCUT2D eigenvalue weighted by atomic mass is 16.5. The van der Waals surface area contributed by atoms with Gasteiger partial charge in [0.2, 0.25) is 0 Å². The molecule has 1 N–H and O–H groups in total. The first-order valence-electron chi connectivity index (χ1n) is 4.94. The van der Waals surface area contributed by atoms with Crippen molar-refractivity contribution in [3.8, 4) is 11.8 Å². The van der Waals surface area contributed by atoms with Crippen LogP contribution in [0.3, 0.4) is 0 Å². The molecule has 17 heavy (non-hydrogen) atoms. The van der Waals surface area contributed by atoms with E-state index in [1.165, 1.54) is 7.11 Å². The molecule has 4 nitrogen and oxygen atoms in total. The Labute approximate surface area is 99.2 Å². The predicted octanol–water partition coefficient (Wildman–Crippen LogP) is 1.61. The number of esters is 1. The van der Waals surface area contributed by atoms with Gasteiger partial charge in [0.05, 0.1) is 12.7 Å². The number of carbonyl (C=O) groups excluding carboxylic acids is 1. The van der Waals surface area contributed by atoms with E-state index in [9.17, 15) is 9.59 Å². The van der Waals surface area contributed by atoms with Crippen LogP contribution in [-0.4, -0.2) is 24.2 Å². The minimum Gasteiger partial charge on any atom is -0.481 e. The normalized spacial score (nSPS) is 9.06. The van der Waals surface area contributed by atoms with Gasteiger partial charge in [-0.2, -0.15) is 0 Å². The van der Waals surface area contributed by atoms with Crippen molar-refractivity contribution >= 4 is 11.9 Å². The van der Waals surface area contributed by atoms with Gasteiger partial charge in [0, 0.05) is 5.56 Å². The van der Waals surface area contributed by atoms with E-state index in [1.807, 2.05) is 0 Å². The third-order valence-electron chi connectivity index (χ3n) is 2.11. The van der Waals surface area contributed by atoms with Crippen LogP contribution in [0.2, 0.25) is 0 Å². The van der Waals surface area contributed by atoms with Crippen molar-refractivity contribution in [2.75, 3.05) is 7.11 Å². The minimum atomic E-state index is -0.957. The molecule has 88 valence electrons. The number of rotatable bonds is 2. The number of aryl methyl sites for hydroxylation is 1. The Balaban J connectivity index is 2.93. The van der Waals surface area contributed by atoms with Crippen molar-refractivity contribution in [3.63, 3.8) is 0 Å². The van der Waals surface area contributed by atoms with Gasteiger partial charge < -0.3 is 9.84 Å². The number of carbonyl (C=O) groups is 2. The average Bonchev–Trinajstić information content (AvgIpc) is 2.29. The van der Waals surface area contributed by atoms with Crippen LogP contribution in [-0.2, 0) is 9.53 Å². The summed E-state index contributed by atoms with van der Waals surface area (Å²) in [6.07, 6.45) is -0.196. The molecule has 0 atom stereocenters. The van der Waals surface area contributed by atoms with Gasteiger partial charge in [0.25, 0.3) is 0 Å². The molecule has 0 saturated heterocycles. The summed E-state index contributed by atoms with van der Waals surface area (Å²) in [4.78, 5) is 21.5. The molecule has 0 radical (unpaired) electrons. The van der Waals surface area contributed by atoms with Crippen LogP contribution in [0, 0.1) is 18.8 Å². The fourth-order valence-electron chi connectivity index (χ4n) is 1.26. The molecule has 0 heterocycles. The topological polar surface area (TPSA) is 63.6 Å². The van der Waals surface area contributed by atoms with Crippen LogP contribution in [0.1, 0.15) is 27.9 Å². The predicted molar refractivity (Wildman–Crippen MR) is 61.6 cm³/mol. The second-order valence-electron chi connectivity index (χ2n) is 3.39. The number of benzene rings is 1. The fourth-order valence-corrected chi connectivity index (χ4v) is 1.26. The number of carboxylic acid groups (broad SMARTS) is 1. The quantitative estimate of drug-likeness (QED) is 0.621. The van der Waals surface area contributed by atoms with Crippen molar-refractivity contribution in [1.29, 1.82) is 0 Å². The molecule has 0 fully saturated rings.